The molecule has 0 bridgehead atoms. The molecule has 0 radical (unpaired) electrons. The van der Waals surface area contributed by atoms with Gasteiger partial charge in [-0.25, -0.2) is 0 Å². The van der Waals surface area contributed by atoms with E-state index in [0.29, 0.717) is 0 Å². The third kappa shape index (κ3) is 0.980. The molecule has 0 aliphatic heterocycles. The molecule has 5 rings (SSSR count). The van der Waals surface area contributed by atoms with Crippen molar-refractivity contribution in [1.82, 2.24) is 4.40 Å². The highest BCUT2D eigenvalue weighted by Crippen LogP contribution is 2.38. The Bertz CT molecular complexity index is 1490. The lowest BCUT2D eigenvalue weighted by Gasteiger charge is -1.95. The summed E-state index contributed by atoms with van der Waals surface area (Å²) >= 11 is 0. The van der Waals surface area contributed by atoms with Crippen molar-refractivity contribution >= 4 is 38.1 Å². The monoisotopic (exact) mass is 252 g/mol. The fourth-order valence-corrected chi connectivity index (χ4v) is 2.63. The Hall–Kier alpha value is -2.54. The molecular weight excluding hydrogens is 230 g/mol. The van der Waals surface area contributed by atoms with Crippen molar-refractivity contribution in [1.29, 1.82) is 0 Å². The molecule has 0 saturated carbocycles. The van der Waals surface area contributed by atoms with Gasteiger partial charge in [-0.05, 0) is 12.1 Å². The Morgan fingerprint density at radius 1 is 0.579 bits per heavy atom. The molecule has 0 unspecified atom stereocenters. The van der Waals surface area contributed by atoms with Crippen LogP contribution >= 0.6 is 0 Å². The van der Waals surface area contributed by atoms with Crippen molar-refractivity contribution in [3.63, 3.8) is 0 Å². The van der Waals surface area contributed by atoms with Gasteiger partial charge in [0, 0.05) is 21.5 Å². The van der Waals surface area contributed by atoms with Crippen LogP contribution in [0.25, 0.3) is 38.1 Å². The predicted molar refractivity (Wildman–Crippen MR) is 81.1 cm³/mol. The van der Waals surface area contributed by atoms with E-state index < -0.39 is 66.5 Å². The zero-order valence-corrected chi connectivity index (χ0v) is 9.45. The maximum Gasteiger partial charge on any atom is 0.0645 e. The summed E-state index contributed by atoms with van der Waals surface area (Å²) in [5, 5.41) is 0.0461. The molecule has 2 aromatic heterocycles. The number of rotatable bonds is 0. The molecule has 1 nitrogen and oxygen atoms in total. The van der Waals surface area contributed by atoms with Crippen molar-refractivity contribution in [2.24, 2.45) is 0 Å². The van der Waals surface area contributed by atoms with Crippen molar-refractivity contribution < 1.29 is 15.1 Å². The zero-order chi connectivity index (χ0) is 22.0. The first-order chi connectivity index (χ1) is 14.0. The first-order valence-corrected chi connectivity index (χ1v) is 5.67. The van der Waals surface area contributed by atoms with Gasteiger partial charge >= 0.3 is 0 Å². The molecule has 0 spiro atoms. The third-order valence-corrected chi connectivity index (χ3v) is 3.35. The average molecular weight is 252 g/mol. The zero-order valence-electron chi connectivity index (χ0n) is 20.4. The van der Waals surface area contributed by atoms with Crippen molar-refractivity contribution in [2.45, 2.75) is 0 Å². The van der Waals surface area contributed by atoms with Gasteiger partial charge in [0.05, 0.1) is 31.6 Å². The number of hydrogen-bond donors (Lipinski definition) is 0. The van der Waals surface area contributed by atoms with Crippen LogP contribution in [0.1, 0.15) is 15.1 Å². The van der Waals surface area contributed by atoms with E-state index in [2.05, 4.69) is 0 Å². The lowest BCUT2D eigenvalue weighted by atomic mass is 10.1. The number of benzene rings is 3. The van der Waals surface area contributed by atoms with Crippen LogP contribution in [0.2, 0.25) is 0 Å². The standard InChI is InChI=1S/C18H11N/c1-3-10-16-12(6-1)14-8-5-9-15-13-7-2-4-11-17(13)19(16)18(14)15/h1-11H/i1D,2D,3D,4D,5D,6D,7D,8D,9D,10D,11D. The number of hydrogen-bond acceptors (Lipinski definition) is 0. The fraction of sp³-hybridized carbons (Fsp3) is 0. The predicted octanol–water partition coefficient (Wildman–Crippen LogP) is 4.84. The van der Waals surface area contributed by atoms with E-state index in [1.807, 2.05) is 0 Å². The quantitative estimate of drug-likeness (QED) is 0.371. The first kappa shape index (κ1) is 3.97. The van der Waals surface area contributed by atoms with E-state index in [1.54, 1.807) is 0 Å². The van der Waals surface area contributed by atoms with Crippen molar-refractivity contribution in [3.05, 3.63) is 66.5 Å². The average Bonchev–Trinajstić information content (AvgIpc) is 3.24. The molecule has 0 fully saturated rings. The van der Waals surface area contributed by atoms with Crippen molar-refractivity contribution in [3.8, 4) is 0 Å². The van der Waals surface area contributed by atoms with Crippen LogP contribution < -0.4 is 0 Å². The molecule has 5 aromatic rings. The minimum atomic E-state index is -0.522. The number of aromatic nitrogens is 1. The van der Waals surface area contributed by atoms with Crippen LogP contribution in [0.4, 0.5) is 0 Å². The van der Waals surface area contributed by atoms with E-state index in [9.17, 15) is 0 Å². The van der Waals surface area contributed by atoms with Crippen molar-refractivity contribution in [2.75, 3.05) is 0 Å². The molecule has 0 atom stereocenters. The summed E-state index contributed by atoms with van der Waals surface area (Å²) in [5.41, 5.74) is 0.0454. The number of para-hydroxylation sites is 3. The van der Waals surface area contributed by atoms with Gasteiger partial charge in [-0.15, -0.1) is 0 Å². The second kappa shape index (κ2) is 3.07. The van der Waals surface area contributed by atoms with E-state index in [0.717, 1.165) is 0 Å². The topological polar surface area (TPSA) is 4.41 Å². The lowest BCUT2D eigenvalue weighted by Crippen LogP contribution is -1.78. The van der Waals surface area contributed by atoms with Gasteiger partial charge in [0.2, 0.25) is 0 Å². The highest BCUT2D eigenvalue weighted by molar-refractivity contribution is 6.23. The second-order valence-corrected chi connectivity index (χ2v) is 4.26. The second-order valence-electron chi connectivity index (χ2n) is 4.26. The fourth-order valence-electron chi connectivity index (χ4n) is 2.63. The smallest absolute Gasteiger partial charge is 0.0645 e. The molecular formula is C18H11N. The first-order valence-electron chi connectivity index (χ1n) is 11.2. The van der Waals surface area contributed by atoms with E-state index in [1.165, 1.54) is 4.40 Å². The maximum absolute atomic E-state index is 8.41. The minimum absolute atomic E-state index is 0.00573. The Balaban J connectivity index is 2.37. The largest absolute Gasteiger partial charge is 0.308 e. The lowest BCUT2D eigenvalue weighted by molar-refractivity contribution is 1.37. The molecule has 88 valence electrons. The summed E-state index contributed by atoms with van der Waals surface area (Å²) in [4.78, 5) is 0. The van der Waals surface area contributed by atoms with Crippen LogP contribution in [-0.2, 0) is 0 Å². The molecule has 1 heteroatoms. The number of nitrogens with zero attached hydrogens (tertiary/aromatic N) is 1. The van der Waals surface area contributed by atoms with Gasteiger partial charge in [0.1, 0.15) is 0 Å². The van der Waals surface area contributed by atoms with Crippen LogP contribution in [-0.4, -0.2) is 4.40 Å². The molecule has 19 heavy (non-hydrogen) atoms. The molecule has 0 saturated heterocycles. The Labute approximate surface area is 125 Å². The van der Waals surface area contributed by atoms with E-state index in [-0.39, 0.29) is 38.1 Å². The molecule has 0 aliphatic carbocycles. The SMILES string of the molecule is [2H]c1c([2H])c([2H])c2c(c1[2H])c1c([2H])c([2H])c([2H])c3c4c([2H])c([2H])c([2H])c([2H])c4n2c13. The van der Waals surface area contributed by atoms with E-state index in [4.69, 9.17) is 15.1 Å². The van der Waals surface area contributed by atoms with Gasteiger partial charge in [0.25, 0.3) is 0 Å². The van der Waals surface area contributed by atoms with Gasteiger partial charge < -0.3 is 4.40 Å². The van der Waals surface area contributed by atoms with Gasteiger partial charge in [0.15, 0.2) is 0 Å². The molecule has 2 heterocycles. The maximum atomic E-state index is 8.41. The summed E-state index contributed by atoms with van der Waals surface area (Å²) < 4.78 is 91.9. The minimum Gasteiger partial charge on any atom is -0.308 e. The highest BCUT2D eigenvalue weighted by Gasteiger charge is 2.15. The summed E-state index contributed by atoms with van der Waals surface area (Å²) in [6.45, 7) is 0. The van der Waals surface area contributed by atoms with Crippen LogP contribution in [0.15, 0.2) is 66.5 Å². The van der Waals surface area contributed by atoms with Crippen LogP contribution in [0.5, 0.6) is 0 Å². The Morgan fingerprint density at radius 3 is 1.63 bits per heavy atom. The third-order valence-electron chi connectivity index (χ3n) is 3.35. The summed E-state index contributed by atoms with van der Waals surface area (Å²) in [6.07, 6.45) is 0. The van der Waals surface area contributed by atoms with Crippen LogP contribution in [0.3, 0.4) is 0 Å². The molecule has 3 aromatic carbocycles. The molecule has 0 amide bonds. The van der Waals surface area contributed by atoms with Gasteiger partial charge in [-0.3, -0.25) is 0 Å². The Kier molecular flexibility index (Phi) is 0.642. The van der Waals surface area contributed by atoms with Gasteiger partial charge in [-0.1, -0.05) is 54.4 Å². The highest BCUT2D eigenvalue weighted by atomic mass is 14.9. The summed E-state index contributed by atoms with van der Waals surface area (Å²) in [6, 6.07) is -5.00. The summed E-state index contributed by atoms with van der Waals surface area (Å²) in [5.74, 6) is 0. The Morgan fingerprint density at radius 2 is 1.05 bits per heavy atom. The number of fused-ring (bicyclic) bond motifs is 6. The van der Waals surface area contributed by atoms with Gasteiger partial charge in [-0.2, -0.15) is 0 Å². The summed E-state index contributed by atoms with van der Waals surface area (Å²) in [7, 11) is 0. The van der Waals surface area contributed by atoms with E-state index >= 15 is 0 Å². The normalized spacial score (nSPS) is 20.3. The molecule has 0 N–H and O–H groups in total. The van der Waals surface area contributed by atoms with Crippen LogP contribution in [0, 0.1) is 0 Å². The molecule has 0 aliphatic rings.